The molecule has 1 aromatic carbocycles. The highest BCUT2D eigenvalue weighted by Crippen LogP contribution is 2.25. The van der Waals surface area contributed by atoms with Crippen molar-refractivity contribution in [3.63, 3.8) is 0 Å². The van der Waals surface area contributed by atoms with Gasteiger partial charge in [0.15, 0.2) is 5.75 Å². The molecular formula is C22H30N4O5. The van der Waals surface area contributed by atoms with Gasteiger partial charge in [-0.05, 0) is 38.8 Å². The fourth-order valence-electron chi connectivity index (χ4n) is 3.48. The molecule has 1 aromatic heterocycles. The van der Waals surface area contributed by atoms with Crippen LogP contribution in [-0.2, 0) is 18.3 Å². The number of amides is 2. The topological polar surface area (TPSA) is 114 Å². The summed E-state index contributed by atoms with van der Waals surface area (Å²) in [7, 11) is 3.02. The molecule has 2 amide bonds. The summed E-state index contributed by atoms with van der Waals surface area (Å²) < 4.78 is 6.48. The Kier molecular flexibility index (Phi) is 7.79. The van der Waals surface area contributed by atoms with Gasteiger partial charge in [-0.15, -0.1) is 0 Å². The predicted octanol–water partition coefficient (Wildman–Crippen LogP) is 2.28. The lowest BCUT2D eigenvalue weighted by atomic mass is 10.0. The number of nitrogens with zero attached hydrogens (tertiary/aromatic N) is 3. The van der Waals surface area contributed by atoms with E-state index < -0.39 is 18.0 Å². The van der Waals surface area contributed by atoms with Crippen molar-refractivity contribution < 1.29 is 19.4 Å². The number of aliphatic carboxylic acids is 1. The van der Waals surface area contributed by atoms with Crippen LogP contribution in [0, 0.1) is 0 Å². The van der Waals surface area contributed by atoms with Crippen LogP contribution in [-0.4, -0.2) is 57.0 Å². The maximum absolute atomic E-state index is 12.6. The number of carbonyl (C=O) groups excluding carboxylic acids is 1. The number of nitrogens with one attached hydrogen (secondary N) is 1. The lowest BCUT2D eigenvalue weighted by Crippen LogP contribution is -2.53. The van der Waals surface area contributed by atoms with Gasteiger partial charge in [0.2, 0.25) is 0 Å². The second kappa shape index (κ2) is 10.1. The van der Waals surface area contributed by atoms with E-state index in [0.29, 0.717) is 22.4 Å². The largest absolute Gasteiger partial charge is 0.494 e. The third-order valence-electron chi connectivity index (χ3n) is 4.95. The molecule has 31 heavy (non-hydrogen) atoms. The van der Waals surface area contributed by atoms with Crippen molar-refractivity contribution in [1.29, 1.82) is 0 Å². The lowest BCUT2D eigenvalue weighted by Gasteiger charge is -2.32. The number of carbonyl (C=O) groups is 2. The molecule has 0 aliphatic heterocycles. The molecule has 0 radical (unpaired) electrons. The molecule has 1 heterocycles. The van der Waals surface area contributed by atoms with E-state index in [9.17, 15) is 19.5 Å². The van der Waals surface area contributed by atoms with Crippen LogP contribution >= 0.6 is 0 Å². The number of carboxylic acids is 1. The summed E-state index contributed by atoms with van der Waals surface area (Å²) in [6, 6.07) is 5.30. The highest BCUT2D eigenvalue weighted by atomic mass is 16.5. The van der Waals surface area contributed by atoms with Crippen molar-refractivity contribution in [2.24, 2.45) is 7.05 Å². The Morgan fingerprint density at radius 1 is 1.16 bits per heavy atom. The zero-order valence-corrected chi connectivity index (χ0v) is 18.7. The molecular weight excluding hydrogens is 400 g/mol. The normalized spacial score (nSPS) is 12.0. The van der Waals surface area contributed by atoms with E-state index in [4.69, 9.17) is 4.74 Å². The van der Waals surface area contributed by atoms with Crippen molar-refractivity contribution >= 4 is 12.0 Å². The molecule has 168 valence electrons. The molecule has 0 fully saturated rings. The van der Waals surface area contributed by atoms with Gasteiger partial charge in [0.25, 0.3) is 5.56 Å². The zero-order valence-electron chi connectivity index (χ0n) is 18.7. The molecule has 1 unspecified atom stereocenters. The van der Waals surface area contributed by atoms with E-state index in [1.807, 2.05) is 27.7 Å². The zero-order chi connectivity index (χ0) is 23.3. The fourth-order valence-corrected chi connectivity index (χ4v) is 3.48. The van der Waals surface area contributed by atoms with Gasteiger partial charge in [-0.2, -0.15) is 5.10 Å². The molecule has 0 aliphatic rings. The third-order valence-corrected chi connectivity index (χ3v) is 4.95. The van der Waals surface area contributed by atoms with Gasteiger partial charge < -0.3 is 20.1 Å². The number of carboxylic acid groups (broad SMARTS) is 1. The Bertz CT molecular complexity index is 974. The Hall–Kier alpha value is -3.36. The molecule has 0 saturated heterocycles. The van der Waals surface area contributed by atoms with Crippen molar-refractivity contribution in [3.05, 3.63) is 46.4 Å². The van der Waals surface area contributed by atoms with Crippen molar-refractivity contribution in [2.45, 2.75) is 52.2 Å². The number of hydrogen-bond acceptors (Lipinski definition) is 5. The molecule has 0 aliphatic carbocycles. The highest BCUT2D eigenvalue weighted by Gasteiger charge is 2.26. The second-order valence-electron chi connectivity index (χ2n) is 7.85. The van der Waals surface area contributed by atoms with Crippen LogP contribution in [0.1, 0.15) is 33.3 Å². The first kappa shape index (κ1) is 23.9. The summed E-state index contributed by atoms with van der Waals surface area (Å²) in [5.74, 6) is -0.761. The molecule has 2 rings (SSSR count). The molecule has 1 atom stereocenters. The molecule has 0 bridgehead atoms. The van der Waals surface area contributed by atoms with Crippen LogP contribution in [0.2, 0.25) is 0 Å². The monoisotopic (exact) mass is 430 g/mol. The van der Waals surface area contributed by atoms with Crippen LogP contribution in [0.4, 0.5) is 4.79 Å². The summed E-state index contributed by atoms with van der Waals surface area (Å²) in [4.78, 5) is 38.4. The first-order valence-electron chi connectivity index (χ1n) is 10.1. The molecule has 9 heteroatoms. The second-order valence-corrected chi connectivity index (χ2v) is 7.85. The Balaban J connectivity index is 2.24. The minimum atomic E-state index is -1.12. The average Bonchev–Trinajstić information content (AvgIpc) is 2.69. The standard InChI is InChI=1S/C22H30N4O5/c1-13(2)26(14(3)4)22(30)24-17(21(28)29)11-15-7-9-16(10-8-15)19-18(31-6)12-23-25(5)20(19)27/h7-10,12-14,17H,11H2,1-6H3,(H,24,30)(H,28,29). The number of rotatable bonds is 8. The van der Waals surface area contributed by atoms with E-state index in [0.717, 1.165) is 0 Å². The maximum atomic E-state index is 12.6. The summed E-state index contributed by atoms with van der Waals surface area (Å²) in [6.07, 6.45) is 1.58. The van der Waals surface area contributed by atoms with Crippen LogP contribution in [0.25, 0.3) is 11.1 Å². The van der Waals surface area contributed by atoms with Crippen LogP contribution < -0.4 is 15.6 Å². The van der Waals surface area contributed by atoms with Gasteiger partial charge in [0, 0.05) is 25.6 Å². The number of ether oxygens (including phenoxy) is 1. The highest BCUT2D eigenvalue weighted by molar-refractivity contribution is 5.83. The van der Waals surface area contributed by atoms with Crippen molar-refractivity contribution in [3.8, 4) is 16.9 Å². The van der Waals surface area contributed by atoms with Gasteiger partial charge in [-0.3, -0.25) is 4.79 Å². The summed E-state index contributed by atoms with van der Waals surface area (Å²) in [6.45, 7) is 7.52. The van der Waals surface area contributed by atoms with Gasteiger partial charge in [0.05, 0.1) is 18.9 Å². The maximum Gasteiger partial charge on any atom is 0.326 e. The SMILES string of the molecule is COc1cnn(C)c(=O)c1-c1ccc(CC(NC(=O)N(C(C)C)C(C)C)C(=O)O)cc1. The Morgan fingerprint density at radius 2 is 1.74 bits per heavy atom. The van der Waals surface area contributed by atoms with Gasteiger partial charge in [0.1, 0.15) is 6.04 Å². The quantitative estimate of drug-likeness (QED) is 0.664. The van der Waals surface area contributed by atoms with Crippen molar-refractivity contribution in [2.75, 3.05) is 7.11 Å². The minimum Gasteiger partial charge on any atom is -0.494 e. The van der Waals surface area contributed by atoms with E-state index in [2.05, 4.69) is 10.4 Å². The number of benzene rings is 1. The molecule has 2 aromatic rings. The smallest absolute Gasteiger partial charge is 0.326 e. The lowest BCUT2D eigenvalue weighted by molar-refractivity contribution is -0.139. The van der Waals surface area contributed by atoms with E-state index in [-0.39, 0.29) is 24.1 Å². The third kappa shape index (κ3) is 5.62. The number of aryl methyl sites for hydroxylation is 1. The summed E-state index contributed by atoms with van der Waals surface area (Å²) >= 11 is 0. The number of urea groups is 1. The van der Waals surface area contributed by atoms with Gasteiger partial charge >= 0.3 is 12.0 Å². The number of aromatic nitrogens is 2. The summed E-state index contributed by atoms with van der Waals surface area (Å²) in [5, 5.41) is 16.2. The van der Waals surface area contributed by atoms with Crippen LogP contribution in [0.5, 0.6) is 5.75 Å². The first-order chi connectivity index (χ1) is 14.6. The van der Waals surface area contributed by atoms with Gasteiger partial charge in [-0.25, -0.2) is 14.3 Å². The van der Waals surface area contributed by atoms with E-state index in [1.165, 1.54) is 18.0 Å². The van der Waals surface area contributed by atoms with Crippen LogP contribution in [0.3, 0.4) is 0 Å². The Labute approximate surface area is 181 Å². The first-order valence-corrected chi connectivity index (χ1v) is 10.1. The predicted molar refractivity (Wildman–Crippen MR) is 117 cm³/mol. The molecule has 2 N–H and O–H groups in total. The Morgan fingerprint density at radius 3 is 2.23 bits per heavy atom. The fraction of sp³-hybridized carbons (Fsp3) is 0.455. The van der Waals surface area contributed by atoms with E-state index >= 15 is 0 Å². The molecule has 9 nitrogen and oxygen atoms in total. The minimum absolute atomic E-state index is 0.0633. The van der Waals surface area contributed by atoms with Crippen molar-refractivity contribution in [1.82, 2.24) is 20.0 Å². The molecule has 0 spiro atoms. The average molecular weight is 431 g/mol. The van der Waals surface area contributed by atoms with Crippen LogP contribution in [0.15, 0.2) is 35.3 Å². The van der Waals surface area contributed by atoms with E-state index in [1.54, 1.807) is 36.2 Å². The van der Waals surface area contributed by atoms with Gasteiger partial charge in [-0.1, -0.05) is 24.3 Å². The number of methoxy groups -OCH3 is 1. The number of hydrogen-bond donors (Lipinski definition) is 2. The summed E-state index contributed by atoms with van der Waals surface area (Å²) in [5.41, 5.74) is 1.41. The molecule has 0 saturated carbocycles.